The summed E-state index contributed by atoms with van der Waals surface area (Å²) in [6.07, 6.45) is 5.90. The normalized spacial score (nSPS) is 33.7. The smallest absolute Gasteiger partial charge is 0.0168 e. The summed E-state index contributed by atoms with van der Waals surface area (Å²) in [5.74, 6) is 0. The molecule has 3 nitrogen and oxygen atoms in total. The molecule has 2 aliphatic rings. The lowest BCUT2D eigenvalue weighted by Gasteiger charge is -2.34. The van der Waals surface area contributed by atoms with Crippen molar-refractivity contribution >= 4 is 0 Å². The minimum atomic E-state index is 0.457. The van der Waals surface area contributed by atoms with E-state index in [2.05, 4.69) is 23.3 Å². The van der Waals surface area contributed by atoms with E-state index in [-0.39, 0.29) is 0 Å². The van der Waals surface area contributed by atoms with E-state index < -0.39 is 0 Å². The molecule has 1 aliphatic heterocycles. The SMILES string of the molecule is CN1CC=C(CNC2CC(N)C2)CC1. The van der Waals surface area contributed by atoms with E-state index in [4.69, 9.17) is 5.73 Å². The fraction of sp³-hybridized carbons (Fsp3) is 0.818. The summed E-state index contributed by atoms with van der Waals surface area (Å²) in [5.41, 5.74) is 7.31. The number of nitrogens with two attached hydrogens (primary N) is 1. The van der Waals surface area contributed by atoms with Gasteiger partial charge in [-0.15, -0.1) is 0 Å². The second-order valence-corrected chi connectivity index (χ2v) is 4.68. The van der Waals surface area contributed by atoms with Crippen LogP contribution in [0.2, 0.25) is 0 Å². The molecule has 0 atom stereocenters. The third-order valence-corrected chi connectivity index (χ3v) is 3.30. The quantitative estimate of drug-likeness (QED) is 0.638. The highest BCUT2D eigenvalue weighted by molar-refractivity contribution is 5.09. The lowest BCUT2D eigenvalue weighted by atomic mass is 9.87. The molecule has 0 aromatic heterocycles. The van der Waals surface area contributed by atoms with E-state index in [1.165, 1.54) is 13.0 Å². The Labute approximate surface area is 86.3 Å². The average molecular weight is 195 g/mol. The summed E-state index contributed by atoms with van der Waals surface area (Å²) in [5, 5.41) is 3.57. The summed E-state index contributed by atoms with van der Waals surface area (Å²) < 4.78 is 0. The number of hydrogen-bond donors (Lipinski definition) is 2. The maximum Gasteiger partial charge on any atom is 0.0168 e. The molecule has 1 saturated carbocycles. The Morgan fingerprint density at radius 3 is 2.93 bits per heavy atom. The van der Waals surface area contributed by atoms with E-state index in [0.29, 0.717) is 12.1 Å². The van der Waals surface area contributed by atoms with Crippen molar-refractivity contribution in [1.29, 1.82) is 0 Å². The fourth-order valence-corrected chi connectivity index (χ4v) is 2.08. The summed E-state index contributed by atoms with van der Waals surface area (Å²) in [7, 11) is 2.17. The first-order valence-electron chi connectivity index (χ1n) is 5.59. The molecule has 1 aliphatic carbocycles. The number of likely N-dealkylation sites (N-methyl/N-ethyl adjacent to an activating group) is 1. The predicted molar refractivity (Wildman–Crippen MR) is 59.2 cm³/mol. The van der Waals surface area contributed by atoms with Crippen LogP contribution in [0.1, 0.15) is 19.3 Å². The maximum atomic E-state index is 5.73. The molecule has 3 N–H and O–H groups in total. The molecule has 0 bridgehead atoms. The Kier molecular flexibility index (Phi) is 3.21. The van der Waals surface area contributed by atoms with Crippen molar-refractivity contribution in [2.75, 3.05) is 26.7 Å². The van der Waals surface area contributed by atoms with E-state index >= 15 is 0 Å². The predicted octanol–water partition coefficient (Wildman–Crippen LogP) is 0.328. The Morgan fingerprint density at radius 2 is 2.36 bits per heavy atom. The van der Waals surface area contributed by atoms with Gasteiger partial charge in [0, 0.05) is 31.7 Å². The highest BCUT2D eigenvalue weighted by Gasteiger charge is 2.25. The van der Waals surface area contributed by atoms with Crippen molar-refractivity contribution in [2.24, 2.45) is 5.73 Å². The molecule has 2 rings (SSSR count). The molecule has 0 spiro atoms. The van der Waals surface area contributed by atoms with Crippen LogP contribution >= 0.6 is 0 Å². The van der Waals surface area contributed by atoms with Gasteiger partial charge in [0.05, 0.1) is 0 Å². The monoisotopic (exact) mass is 195 g/mol. The van der Waals surface area contributed by atoms with Gasteiger partial charge in [-0.2, -0.15) is 0 Å². The zero-order chi connectivity index (χ0) is 9.97. The van der Waals surface area contributed by atoms with Crippen LogP contribution in [0.5, 0.6) is 0 Å². The molecule has 0 amide bonds. The molecule has 0 radical (unpaired) electrons. The van der Waals surface area contributed by atoms with Crippen LogP contribution in [-0.4, -0.2) is 43.7 Å². The summed E-state index contributed by atoms with van der Waals surface area (Å²) in [6.45, 7) is 3.39. The highest BCUT2D eigenvalue weighted by Crippen LogP contribution is 2.18. The molecule has 0 unspecified atom stereocenters. The second-order valence-electron chi connectivity index (χ2n) is 4.68. The minimum absolute atomic E-state index is 0.457. The molecular weight excluding hydrogens is 174 g/mol. The van der Waals surface area contributed by atoms with Gasteiger partial charge in [-0.25, -0.2) is 0 Å². The number of nitrogens with zero attached hydrogens (tertiary/aromatic N) is 1. The largest absolute Gasteiger partial charge is 0.328 e. The van der Waals surface area contributed by atoms with Gasteiger partial charge in [0.1, 0.15) is 0 Å². The standard InChI is InChI=1S/C11H21N3/c1-14-4-2-9(3-5-14)8-13-11-6-10(12)7-11/h2,10-11,13H,3-8,12H2,1H3. The van der Waals surface area contributed by atoms with Crippen LogP contribution in [0.15, 0.2) is 11.6 Å². The van der Waals surface area contributed by atoms with Gasteiger partial charge < -0.3 is 16.0 Å². The third-order valence-electron chi connectivity index (χ3n) is 3.30. The summed E-state index contributed by atoms with van der Waals surface area (Å²) in [4.78, 5) is 2.35. The third kappa shape index (κ3) is 2.56. The van der Waals surface area contributed by atoms with Gasteiger partial charge >= 0.3 is 0 Å². The Balaban J connectivity index is 1.66. The van der Waals surface area contributed by atoms with Gasteiger partial charge in [-0.1, -0.05) is 11.6 Å². The van der Waals surface area contributed by atoms with Crippen LogP contribution in [0, 0.1) is 0 Å². The van der Waals surface area contributed by atoms with Crippen molar-refractivity contribution in [2.45, 2.75) is 31.3 Å². The lowest BCUT2D eigenvalue weighted by molar-refractivity contribution is 0.294. The van der Waals surface area contributed by atoms with Gasteiger partial charge in [0.15, 0.2) is 0 Å². The lowest BCUT2D eigenvalue weighted by Crippen LogP contribution is -2.49. The zero-order valence-electron chi connectivity index (χ0n) is 9.00. The first-order chi connectivity index (χ1) is 6.74. The molecule has 0 aromatic carbocycles. The van der Waals surface area contributed by atoms with E-state index in [1.807, 2.05) is 0 Å². The van der Waals surface area contributed by atoms with E-state index in [1.54, 1.807) is 5.57 Å². The van der Waals surface area contributed by atoms with Gasteiger partial charge in [0.2, 0.25) is 0 Å². The minimum Gasteiger partial charge on any atom is -0.328 e. The zero-order valence-corrected chi connectivity index (χ0v) is 9.00. The molecule has 1 fully saturated rings. The van der Waals surface area contributed by atoms with Crippen LogP contribution in [0.3, 0.4) is 0 Å². The van der Waals surface area contributed by atoms with Crippen molar-refractivity contribution in [3.8, 4) is 0 Å². The Bertz CT molecular complexity index is 219. The number of hydrogen-bond acceptors (Lipinski definition) is 3. The summed E-state index contributed by atoms with van der Waals surface area (Å²) >= 11 is 0. The average Bonchev–Trinajstić information content (AvgIpc) is 2.13. The highest BCUT2D eigenvalue weighted by atomic mass is 15.1. The van der Waals surface area contributed by atoms with Crippen molar-refractivity contribution in [1.82, 2.24) is 10.2 Å². The molecule has 0 aromatic rings. The van der Waals surface area contributed by atoms with E-state index in [9.17, 15) is 0 Å². The topological polar surface area (TPSA) is 41.3 Å². The molecule has 1 heterocycles. The maximum absolute atomic E-state index is 5.73. The second kappa shape index (κ2) is 4.43. The van der Waals surface area contributed by atoms with E-state index in [0.717, 1.165) is 25.9 Å². The molecule has 14 heavy (non-hydrogen) atoms. The summed E-state index contributed by atoms with van der Waals surface area (Å²) in [6, 6.07) is 1.14. The molecule has 0 saturated heterocycles. The van der Waals surface area contributed by atoms with Crippen LogP contribution in [0.4, 0.5) is 0 Å². The van der Waals surface area contributed by atoms with Crippen LogP contribution in [0.25, 0.3) is 0 Å². The first kappa shape index (κ1) is 10.1. The van der Waals surface area contributed by atoms with Gasteiger partial charge in [0.25, 0.3) is 0 Å². The van der Waals surface area contributed by atoms with Crippen molar-refractivity contribution < 1.29 is 0 Å². The Hall–Kier alpha value is -0.380. The first-order valence-corrected chi connectivity index (χ1v) is 5.59. The fourth-order valence-electron chi connectivity index (χ4n) is 2.08. The van der Waals surface area contributed by atoms with Crippen molar-refractivity contribution in [3.63, 3.8) is 0 Å². The van der Waals surface area contributed by atoms with Crippen LogP contribution < -0.4 is 11.1 Å². The molecule has 80 valence electrons. The molecule has 3 heteroatoms. The van der Waals surface area contributed by atoms with Crippen LogP contribution in [-0.2, 0) is 0 Å². The van der Waals surface area contributed by atoms with Gasteiger partial charge in [-0.05, 0) is 26.3 Å². The molecular formula is C11H21N3. The van der Waals surface area contributed by atoms with Gasteiger partial charge in [-0.3, -0.25) is 0 Å². The Morgan fingerprint density at radius 1 is 1.57 bits per heavy atom. The number of nitrogens with one attached hydrogen (secondary N) is 1. The number of rotatable bonds is 3. The van der Waals surface area contributed by atoms with Crippen molar-refractivity contribution in [3.05, 3.63) is 11.6 Å².